The molecule has 1 atom stereocenters. The molecule has 0 radical (unpaired) electrons. The van der Waals surface area contributed by atoms with E-state index < -0.39 is 0 Å². The van der Waals surface area contributed by atoms with Crippen molar-refractivity contribution >= 4 is 11.9 Å². The van der Waals surface area contributed by atoms with Gasteiger partial charge in [-0.3, -0.25) is 4.79 Å². The van der Waals surface area contributed by atoms with Crippen LogP contribution in [0.1, 0.15) is 24.5 Å². The molecular weight excluding hydrogens is 304 g/mol. The molecule has 24 heavy (non-hydrogen) atoms. The molecule has 1 aromatic carbocycles. The van der Waals surface area contributed by atoms with Crippen LogP contribution in [0.25, 0.3) is 0 Å². The predicted octanol–water partition coefficient (Wildman–Crippen LogP) is 0.965. The minimum atomic E-state index is -0.0781. The van der Waals surface area contributed by atoms with Gasteiger partial charge in [0.2, 0.25) is 5.91 Å². The molecule has 0 bridgehead atoms. The molecule has 0 aromatic heterocycles. The van der Waals surface area contributed by atoms with E-state index in [2.05, 4.69) is 22.8 Å². The normalized spacial score (nSPS) is 20.5. The van der Waals surface area contributed by atoms with E-state index in [1.165, 1.54) is 11.1 Å². The number of carbonyl (C=O) groups excluding carboxylic acids is 2. The summed E-state index contributed by atoms with van der Waals surface area (Å²) in [6, 6.07) is 8.39. The third-order valence-corrected chi connectivity index (χ3v) is 4.85. The molecule has 1 aromatic rings. The summed E-state index contributed by atoms with van der Waals surface area (Å²) < 4.78 is 0. The Labute approximate surface area is 143 Å². The van der Waals surface area contributed by atoms with Crippen molar-refractivity contribution in [3.05, 3.63) is 35.4 Å². The zero-order valence-electron chi connectivity index (χ0n) is 14.3. The lowest BCUT2D eigenvalue weighted by molar-refractivity contribution is -0.133. The van der Waals surface area contributed by atoms with E-state index >= 15 is 0 Å². The van der Waals surface area contributed by atoms with Crippen LogP contribution in [0.5, 0.6) is 0 Å². The van der Waals surface area contributed by atoms with Crippen molar-refractivity contribution < 1.29 is 9.59 Å². The van der Waals surface area contributed by atoms with Crippen LogP contribution in [0.3, 0.4) is 0 Å². The molecule has 0 saturated carbocycles. The SMILES string of the molecule is C[C@H]1CNCCN1C(=O)CCNC(=O)N1CCc2ccccc2C1. The first-order valence-electron chi connectivity index (χ1n) is 8.75. The van der Waals surface area contributed by atoms with Gasteiger partial charge in [0.15, 0.2) is 0 Å². The number of amides is 3. The molecule has 3 amide bonds. The lowest BCUT2D eigenvalue weighted by atomic mass is 10.0. The topological polar surface area (TPSA) is 64.7 Å². The van der Waals surface area contributed by atoms with Crippen molar-refractivity contribution in [2.75, 3.05) is 32.7 Å². The van der Waals surface area contributed by atoms with E-state index in [9.17, 15) is 9.59 Å². The summed E-state index contributed by atoms with van der Waals surface area (Å²) in [7, 11) is 0. The highest BCUT2D eigenvalue weighted by Gasteiger charge is 2.23. The molecule has 3 rings (SSSR count). The zero-order valence-corrected chi connectivity index (χ0v) is 14.3. The van der Waals surface area contributed by atoms with Gasteiger partial charge in [-0.1, -0.05) is 24.3 Å². The average molecular weight is 330 g/mol. The van der Waals surface area contributed by atoms with Gasteiger partial charge < -0.3 is 20.4 Å². The number of piperazine rings is 1. The highest BCUT2D eigenvalue weighted by molar-refractivity contribution is 5.79. The molecule has 1 fully saturated rings. The number of rotatable bonds is 3. The Morgan fingerprint density at radius 3 is 2.83 bits per heavy atom. The fraction of sp³-hybridized carbons (Fsp3) is 0.556. The number of nitrogens with zero attached hydrogens (tertiary/aromatic N) is 2. The van der Waals surface area contributed by atoms with Crippen LogP contribution in [-0.4, -0.2) is 60.5 Å². The molecule has 6 heteroatoms. The first kappa shape index (κ1) is 16.8. The van der Waals surface area contributed by atoms with Gasteiger partial charge in [-0.05, 0) is 24.5 Å². The summed E-state index contributed by atoms with van der Waals surface area (Å²) in [5, 5.41) is 6.17. The van der Waals surface area contributed by atoms with Crippen LogP contribution >= 0.6 is 0 Å². The number of carbonyl (C=O) groups is 2. The van der Waals surface area contributed by atoms with Gasteiger partial charge in [-0.25, -0.2) is 4.79 Å². The molecule has 130 valence electrons. The van der Waals surface area contributed by atoms with Crippen molar-refractivity contribution in [2.24, 2.45) is 0 Å². The molecule has 0 unspecified atom stereocenters. The summed E-state index contributed by atoms with van der Waals surface area (Å²) >= 11 is 0. The van der Waals surface area contributed by atoms with E-state index in [1.54, 1.807) is 0 Å². The van der Waals surface area contributed by atoms with Crippen LogP contribution < -0.4 is 10.6 Å². The second kappa shape index (κ2) is 7.66. The van der Waals surface area contributed by atoms with Gasteiger partial charge in [0.1, 0.15) is 0 Å². The van der Waals surface area contributed by atoms with Crippen molar-refractivity contribution in [3.8, 4) is 0 Å². The van der Waals surface area contributed by atoms with Crippen molar-refractivity contribution in [1.82, 2.24) is 20.4 Å². The first-order valence-corrected chi connectivity index (χ1v) is 8.75. The summed E-state index contributed by atoms with van der Waals surface area (Å²) in [4.78, 5) is 28.3. The molecule has 2 aliphatic heterocycles. The summed E-state index contributed by atoms with van der Waals surface area (Å²) in [5.74, 6) is 0.119. The van der Waals surface area contributed by atoms with E-state index in [0.29, 0.717) is 19.5 Å². The van der Waals surface area contributed by atoms with Gasteiger partial charge in [0.05, 0.1) is 0 Å². The minimum Gasteiger partial charge on any atom is -0.337 e. The number of benzene rings is 1. The highest BCUT2D eigenvalue weighted by atomic mass is 16.2. The quantitative estimate of drug-likeness (QED) is 0.868. The van der Waals surface area contributed by atoms with E-state index in [1.807, 2.05) is 28.9 Å². The number of fused-ring (bicyclic) bond motifs is 1. The summed E-state index contributed by atoms with van der Waals surface area (Å²) in [6.45, 7) is 6.24. The minimum absolute atomic E-state index is 0.0781. The third-order valence-electron chi connectivity index (χ3n) is 4.85. The van der Waals surface area contributed by atoms with Gasteiger partial charge in [0, 0.05) is 51.7 Å². The molecule has 2 N–H and O–H groups in total. The number of nitrogens with one attached hydrogen (secondary N) is 2. The maximum absolute atomic E-state index is 12.3. The van der Waals surface area contributed by atoms with Crippen LogP contribution in [0.2, 0.25) is 0 Å². The standard InChI is InChI=1S/C18H26N4O2/c1-14-12-19-9-11-22(14)17(23)6-8-20-18(24)21-10-7-15-4-2-3-5-16(15)13-21/h2-5,14,19H,6-13H2,1H3,(H,20,24)/t14-/m0/s1. The number of hydrogen-bond acceptors (Lipinski definition) is 3. The highest BCUT2D eigenvalue weighted by Crippen LogP contribution is 2.18. The molecule has 2 aliphatic rings. The number of hydrogen-bond donors (Lipinski definition) is 2. The molecule has 0 aliphatic carbocycles. The second-order valence-electron chi connectivity index (χ2n) is 6.56. The summed E-state index contributed by atoms with van der Waals surface area (Å²) in [5.41, 5.74) is 2.54. The van der Waals surface area contributed by atoms with E-state index in [0.717, 1.165) is 32.6 Å². The van der Waals surface area contributed by atoms with Crippen LogP contribution in [0.4, 0.5) is 4.79 Å². The lowest BCUT2D eigenvalue weighted by Gasteiger charge is -2.34. The second-order valence-corrected chi connectivity index (χ2v) is 6.56. The Morgan fingerprint density at radius 1 is 1.25 bits per heavy atom. The van der Waals surface area contributed by atoms with Crippen molar-refractivity contribution in [1.29, 1.82) is 0 Å². The number of urea groups is 1. The summed E-state index contributed by atoms with van der Waals surface area (Å²) in [6.07, 6.45) is 1.25. The Hall–Kier alpha value is -2.08. The predicted molar refractivity (Wildman–Crippen MR) is 92.6 cm³/mol. The zero-order chi connectivity index (χ0) is 16.9. The van der Waals surface area contributed by atoms with Crippen molar-refractivity contribution in [2.45, 2.75) is 32.4 Å². The molecule has 6 nitrogen and oxygen atoms in total. The average Bonchev–Trinajstić information content (AvgIpc) is 2.61. The first-order chi connectivity index (χ1) is 11.6. The lowest BCUT2D eigenvalue weighted by Crippen LogP contribution is -2.52. The van der Waals surface area contributed by atoms with Crippen LogP contribution in [-0.2, 0) is 17.8 Å². The fourth-order valence-electron chi connectivity index (χ4n) is 3.41. The maximum Gasteiger partial charge on any atom is 0.317 e. The van der Waals surface area contributed by atoms with E-state index in [-0.39, 0.29) is 18.0 Å². The molecule has 0 spiro atoms. The third kappa shape index (κ3) is 3.87. The maximum atomic E-state index is 12.3. The van der Waals surface area contributed by atoms with Crippen LogP contribution in [0, 0.1) is 0 Å². The molecular formula is C18H26N4O2. The smallest absolute Gasteiger partial charge is 0.317 e. The van der Waals surface area contributed by atoms with Crippen LogP contribution in [0.15, 0.2) is 24.3 Å². The molecule has 1 saturated heterocycles. The largest absolute Gasteiger partial charge is 0.337 e. The van der Waals surface area contributed by atoms with Gasteiger partial charge in [0.25, 0.3) is 0 Å². The van der Waals surface area contributed by atoms with Gasteiger partial charge in [-0.2, -0.15) is 0 Å². The van der Waals surface area contributed by atoms with Gasteiger partial charge in [-0.15, -0.1) is 0 Å². The van der Waals surface area contributed by atoms with Crippen molar-refractivity contribution in [3.63, 3.8) is 0 Å². The Balaban J connectivity index is 1.44. The Bertz CT molecular complexity index is 604. The molecule has 2 heterocycles. The monoisotopic (exact) mass is 330 g/mol. The Kier molecular flexibility index (Phi) is 5.35. The van der Waals surface area contributed by atoms with Gasteiger partial charge >= 0.3 is 6.03 Å². The Morgan fingerprint density at radius 2 is 2.04 bits per heavy atom. The van der Waals surface area contributed by atoms with E-state index in [4.69, 9.17) is 0 Å². The fourth-order valence-corrected chi connectivity index (χ4v) is 3.41.